The first-order valence-electron chi connectivity index (χ1n) is 6.51. The second-order valence-corrected chi connectivity index (χ2v) is 4.54. The van der Waals surface area contributed by atoms with E-state index in [9.17, 15) is 4.79 Å². The Labute approximate surface area is 99.7 Å². The largest absolute Gasteiger partial charge is 0.478 e. The Morgan fingerprint density at radius 1 is 1.25 bits per heavy atom. The van der Waals surface area contributed by atoms with Gasteiger partial charge in [0.25, 0.3) is 0 Å². The summed E-state index contributed by atoms with van der Waals surface area (Å²) in [5.41, 5.74) is 0.474. The molecule has 0 aliphatic rings. The van der Waals surface area contributed by atoms with E-state index >= 15 is 0 Å². The number of aliphatic carboxylic acids is 1. The summed E-state index contributed by atoms with van der Waals surface area (Å²) in [5, 5.41) is 8.68. The molecule has 0 spiro atoms. The highest BCUT2D eigenvalue weighted by atomic mass is 16.4. The maximum absolute atomic E-state index is 10.6. The van der Waals surface area contributed by atoms with Gasteiger partial charge in [-0.25, -0.2) is 4.79 Å². The van der Waals surface area contributed by atoms with Crippen molar-refractivity contribution in [2.24, 2.45) is 5.92 Å². The fourth-order valence-electron chi connectivity index (χ4n) is 1.86. The molecule has 0 aromatic carbocycles. The van der Waals surface area contributed by atoms with Gasteiger partial charge in [0, 0.05) is 5.57 Å². The molecule has 2 nitrogen and oxygen atoms in total. The molecule has 0 fully saturated rings. The smallest absolute Gasteiger partial charge is 0.330 e. The number of carboxylic acids is 1. The molecule has 0 radical (unpaired) electrons. The molecule has 94 valence electrons. The molecule has 0 aromatic rings. The number of rotatable bonds is 9. The van der Waals surface area contributed by atoms with Gasteiger partial charge in [0.15, 0.2) is 0 Å². The van der Waals surface area contributed by atoms with E-state index in [1.807, 2.05) is 6.08 Å². The highest BCUT2D eigenvalue weighted by Crippen LogP contribution is 2.19. The quantitative estimate of drug-likeness (QED) is 0.467. The van der Waals surface area contributed by atoms with Crippen LogP contribution >= 0.6 is 0 Å². The van der Waals surface area contributed by atoms with Crippen molar-refractivity contribution < 1.29 is 9.90 Å². The van der Waals surface area contributed by atoms with Crippen LogP contribution in [0.2, 0.25) is 0 Å². The summed E-state index contributed by atoms with van der Waals surface area (Å²) in [7, 11) is 0. The van der Waals surface area contributed by atoms with Gasteiger partial charge >= 0.3 is 5.97 Å². The molecule has 0 saturated carbocycles. The van der Waals surface area contributed by atoms with E-state index in [4.69, 9.17) is 5.11 Å². The predicted octanol–water partition coefficient (Wildman–Crippen LogP) is 4.40. The maximum Gasteiger partial charge on any atom is 0.330 e. The highest BCUT2D eigenvalue weighted by Gasteiger charge is 2.05. The van der Waals surface area contributed by atoms with E-state index in [1.54, 1.807) is 6.92 Å². The van der Waals surface area contributed by atoms with Gasteiger partial charge in [0.05, 0.1) is 0 Å². The lowest BCUT2D eigenvalue weighted by Crippen LogP contribution is -1.99. The van der Waals surface area contributed by atoms with Crippen molar-refractivity contribution in [3.63, 3.8) is 0 Å². The Hall–Kier alpha value is -0.790. The van der Waals surface area contributed by atoms with Crippen LogP contribution in [0.15, 0.2) is 11.6 Å². The van der Waals surface area contributed by atoms with E-state index in [2.05, 4.69) is 13.8 Å². The van der Waals surface area contributed by atoms with E-state index in [-0.39, 0.29) is 0 Å². The normalized spacial score (nSPS) is 13.8. The van der Waals surface area contributed by atoms with Crippen LogP contribution in [0, 0.1) is 5.92 Å². The Morgan fingerprint density at radius 3 is 2.38 bits per heavy atom. The van der Waals surface area contributed by atoms with Gasteiger partial charge in [0.1, 0.15) is 0 Å². The standard InChI is InChI=1S/C14H26O2/c1-4-6-10-13(5-2)11-8-7-9-12(3)14(15)16/h9,13H,4-8,10-11H2,1-3H3,(H,15,16). The Bertz CT molecular complexity index is 219. The Balaban J connectivity index is 3.70. The Morgan fingerprint density at radius 2 is 1.88 bits per heavy atom. The van der Waals surface area contributed by atoms with Gasteiger partial charge in [-0.15, -0.1) is 0 Å². The zero-order valence-corrected chi connectivity index (χ0v) is 11.0. The van der Waals surface area contributed by atoms with Gasteiger partial charge in [0.2, 0.25) is 0 Å². The van der Waals surface area contributed by atoms with Gasteiger partial charge in [-0.2, -0.15) is 0 Å². The van der Waals surface area contributed by atoms with Crippen LogP contribution in [-0.2, 0) is 4.79 Å². The molecular weight excluding hydrogens is 200 g/mol. The molecule has 1 N–H and O–H groups in total. The summed E-state index contributed by atoms with van der Waals surface area (Å²) in [6, 6.07) is 0. The molecule has 0 bridgehead atoms. The number of unbranched alkanes of at least 4 members (excludes halogenated alkanes) is 2. The topological polar surface area (TPSA) is 37.3 Å². The van der Waals surface area contributed by atoms with E-state index < -0.39 is 5.97 Å². The average molecular weight is 226 g/mol. The maximum atomic E-state index is 10.6. The minimum atomic E-state index is -0.793. The molecule has 0 rings (SSSR count). The van der Waals surface area contributed by atoms with Crippen molar-refractivity contribution >= 4 is 5.97 Å². The van der Waals surface area contributed by atoms with Crippen LogP contribution in [0.4, 0.5) is 0 Å². The molecule has 0 amide bonds. The second-order valence-electron chi connectivity index (χ2n) is 4.54. The highest BCUT2D eigenvalue weighted by molar-refractivity contribution is 5.85. The minimum absolute atomic E-state index is 0.474. The van der Waals surface area contributed by atoms with Gasteiger partial charge < -0.3 is 5.11 Å². The van der Waals surface area contributed by atoms with E-state index in [0.717, 1.165) is 18.8 Å². The van der Waals surface area contributed by atoms with Gasteiger partial charge in [-0.3, -0.25) is 0 Å². The van der Waals surface area contributed by atoms with E-state index in [0.29, 0.717) is 5.57 Å². The lowest BCUT2D eigenvalue weighted by molar-refractivity contribution is -0.132. The lowest BCUT2D eigenvalue weighted by atomic mass is 9.93. The fraction of sp³-hybridized carbons (Fsp3) is 0.786. The summed E-state index contributed by atoms with van der Waals surface area (Å²) < 4.78 is 0. The molecule has 16 heavy (non-hydrogen) atoms. The predicted molar refractivity (Wildman–Crippen MR) is 68.5 cm³/mol. The zero-order chi connectivity index (χ0) is 12.4. The number of hydrogen-bond donors (Lipinski definition) is 1. The summed E-state index contributed by atoms with van der Waals surface area (Å²) >= 11 is 0. The molecule has 0 aliphatic heterocycles. The van der Waals surface area contributed by atoms with Gasteiger partial charge in [-0.1, -0.05) is 52.0 Å². The molecular formula is C14H26O2. The lowest BCUT2D eigenvalue weighted by Gasteiger charge is -2.13. The van der Waals surface area contributed by atoms with Gasteiger partial charge in [-0.05, 0) is 25.7 Å². The van der Waals surface area contributed by atoms with Crippen molar-refractivity contribution in [1.82, 2.24) is 0 Å². The van der Waals surface area contributed by atoms with Crippen LogP contribution in [0.25, 0.3) is 0 Å². The molecule has 0 heterocycles. The molecule has 1 atom stereocenters. The third kappa shape index (κ3) is 7.49. The van der Waals surface area contributed by atoms with Crippen molar-refractivity contribution in [3.05, 3.63) is 11.6 Å². The monoisotopic (exact) mass is 226 g/mol. The van der Waals surface area contributed by atoms with Crippen LogP contribution in [0.3, 0.4) is 0 Å². The SMILES string of the molecule is CCCCC(CC)CCCC=C(C)C(=O)O. The summed E-state index contributed by atoms with van der Waals surface area (Å²) in [4.78, 5) is 10.6. The van der Waals surface area contributed by atoms with Crippen LogP contribution in [-0.4, -0.2) is 11.1 Å². The second kappa shape index (κ2) is 9.44. The summed E-state index contributed by atoms with van der Waals surface area (Å²) in [5.74, 6) is 0.0384. The molecule has 1 unspecified atom stereocenters. The first-order chi connectivity index (χ1) is 7.61. The van der Waals surface area contributed by atoms with Crippen molar-refractivity contribution in [3.8, 4) is 0 Å². The number of carboxylic acid groups (broad SMARTS) is 1. The minimum Gasteiger partial charge on any atom is -0.478 e. The van der Waals surface area contributed by atoms with Crippen LogP contribution in [0.1, 0.15) is 65.7 Å². The zero-order valence-electron chi connectivity index (χ0n) is 11.0. The van der Waals surface area contributed by atoms with Crippen LogP contribution in [0.5, 0.6) is 0 Å². The molecule has 2 heteroatoms. The summed E-state index contributed by atoms with van der Waals surface area (Å²) in [6.45, 7) is 6.14. The molecule has 0 saturated heterocycles. The fourth-order valence-corrected chi connectivity index (χ4v) is 1.86. The first-order valence-corrected chi connectivity index (χ1v) is 6.51. The summed E-state index contributed by atoms with van der Waals surface area (Å²) in [6.07, 6.45) is 10.3. The Kier molecular flexibility index (Phi) is 8.97. The third-order valence-electron chi connectivity index (χ3n) is 3.15. The average Bonchev–Trinajstić information content (AvgIpc) is 2.27. The number of hydrogen-bond acceptors (Lipinski definition) is 1. The first kappa shape index (κ1) is 15.2. The number of carbonyl (C=O) groups is 1. The third-order valence-corrected chi connectivity index (χ3v) is 3.15. The molecule has 0 aromatic heterocycles. The van der Waals surface area contributed by atoms with Crippen LogP contribution < -0.4 is 0 Å². The van der Waals surface area contributed by atoms with Crippen molar-refractivity contribution in [2.75, 3.05) is 0 Å². The number of allylic oxidation sites excluding steroid dienone is 1. The van der Waals surface area contributed by atoms with Crippen molar-refractivity contribution in [1.29, 1.82) is 0 Å². The van der Waals surface area contributed by atoms with Crippen molar-refractivity contribution in [2.45, 2.75) is 65.7 Å². The van der Waals surface area contributed by atoms with E-state index in [1.165, 1.54) is 32.1 Å². The molecule has 0 aliphatic carbocycles.